The second-order valence-electron chi connectivity index (χ2n) is 4.93. The fourth-order valence-electron chi connectivity index (χ4n) is 1.70. The van der Waals surface area contributed by atoms with Gasteiger partial charge in [0.15, 0.2) is 5.58 Å². The highest BCUT2D eigenvalue weighted by molar-refractivity contribution is 5.77. The summed E-state index contributed by atoms with van der Waals surface area (Å²) in [6, 6.07) is 5.24. The molecule has 0 unspecified atom stereocenters. The highest BCUT2D eigenvalue weighted by Gasteiger charge is 2.11. The molecule has 1 heterocycles. The van der Waals surface area contributed by atoms with Crippen molar-refractivity contribution in [3.63, 3.8) is 0 Å². The average Bonchev–Trinajstić information content (AvgIpc) is 2.79. The van der Waals surface area contributed by atoms with Crippen LogP contribution in [0.3, 0.4) is 0 Å². The third kappa shape index (κ3) is 3.24. The molecule has 0 atom stereocenters. The van der Waals surface area contributed by atoms with Gasteiger partial charge in [0, 0.05) is 31.3 Å². The Balaban J connectivity index is 2.03. The van der Waals surface area contributed by atoms with E-state index in [0.717, 1.165) is 6.54 Å². The molecule has 2 aromatic rings. The Hall–Kier alpha value is -2.15. The van der Waals surface area contributed by atoms with Crippen molar-refractivity contribution in [2.24, 2.45) is 0 Å². The van der Waals surface area contributed by atoms with Crippen LogP contribution < -0.4 is 5.32 Å². The lowest BCUT2D eigenvalue weighted by Gasteiger charge is -2.20. The lowest BCUT2D eigenvalue weighted by Crippen LogP contribution is -2.31. The molecule has 0 fully saturated rings. The summed E-state index contributed by atoms with van der Waals surface area (Å²) in [7, 11) is 2.04. The number of fused-ring (bicyclic) bond motifs is 1. The largest absolute Gasteiger partial charge is 0.424 e. The summed E-state index contributed by atoms with van der Waals surface area (Å²) in [4.78, 5) is 16.6. The Labute approximate surface area is 116 Å². The Morgan fingerprint density at radius 3 is 2.90 bits per heavy atom. The second-order valence-corrected chi connectivity index (χ2v) is 4.93. The number of benzene rings is 1. The third-order valence-corrected chi connectivity index (χ3v) is 3.20. The third-order valence-electron chi connectivity index (χ3n) is 3.20. The molecule has 7 nitrogen and oxygen atoms in total. The van der Waals surface area contributed by atoms with E-state index in [1.54, 1.807) is 6.07 Å². The first-order valence-electron chi connectivity index (χ1n) is 6.46. The van der Waals surface area contributed by atoms with Gasteiger partial charge in [-0.3, -0.25) is 10.1 Å². The number of oxazole rings is 1. The lowest BCUT2D eigenvalue weighted by molar-refractivity contribution is -0.384. The molecule has 1 N–H and O–H groups in total. The van der Waals surface area contributed by atoms with Gasteiger partial charge in [0.2, 0.25) is 0 Å². The number of nitrogens with one attached hydrogen (secondary N) is 1. The van der Waals surface area contributed by atoms with Gasteiger partial charge in [-0.2, -0.15) is 4.98 Å². The predicted octanol–water partition coefficient (Wildman–Crippen LogP) is 2.49. The molecule has 0 aliphatic carbocycles. The van der Waals surface area contributed by atoms with Gasteiger partial charge in [-0.1, -0.05) is 0 Å². The van der Waals surface area contributed by atoms with Crippen LogP contribution in [0.2, 0.25) is 0 Å². The summed E-state index contributed by atoms with van der Waals surface area (Å²) in [5.74, 6) is 0. The minimum Gasteiger partial charge on any atom is -0.424 e. The number of non-ortho nitro benzene ring substituents is 1. The minimum absolute atomic E-state index is 0.0110. The summed E-state index contributed by atoms with van der Waals surface area (Å²) < 4.78 is 5.48. The van der Waals surface area contributed by atoms with Crippen molar-refractivity contribution >= 4 is 22.8 Å². The minimum atomic E-state index is -0.446. The van der Waals surface area contributed by atoms with E-state index in [4.69, 9.17) is 4.42 Å². The fourth-order valence-corrected chi connectivity index (χ4v) is 1.70. The molecule has 108 valence electrons. The predicted molar refractivity (Wildman–Crippen MR) is 76.9 cm³/mol. The van der Waals surface area contributed by atoms with E-state index in [9.17, 15) is 10.1 Å². The van der Waals surface area contributed by atoms with Gasteiger partial charge in [-0.15, -0.1) is 0 Å². The van der Waals surface area contributed by atoms with Crippen molar-refractivity contribution in [1.29, 1.82) is 0 Å². The van der Waals surface area contributed by atoms with Crippen LogP contribution in [0.5, 0.6) is 0 Å². The molecular formula is C13H18N4O3. The molecular weight excluding hydrogens is 260 g/mol. The highest BCUT2D eigenvalue weighted by atomic mass is 16.6. The van der Waals surface area contributed by atoms with Gasteiger partial charge in [0.25, 0.3) is 11.7 Å². The first-order valence-corrected chi connectivity index (χ1v) is 6.46. The number of rotatable bonds is 6. The van der Waals surface area contributed by atoms with Gasteiger partial charge >= 0.3 is 0 Å². The molecule has 0 spiro atoms. The molecule has 0 saturated carbocycles. The smallest absolute Gasteiger partial charge is 0.295 e. The molecule has 0 amide bonds. The van der Waals surface area contributed by atoms with Crippen LogP contribution >= 0.6 is 0 Å². The van der Waals surface area contributed by atoms with E-state index >= 15 is 0 Å². The van der Waals surface area contributed by atoms with Gasteiger partial charge in [-0.05, 0) is 27.0 Å². The van der Waals surface area contributed by atoms with Crippen molar-refractivity contribution in [2.75, 3.05) is 25.5 Å². The molecule has 7 heteroatoms. The maximum Gasteiger partial charge on any atom is 0.295 e. The van der Waals surface area contributed by atoms with Crippen molar-refractivity contribution in [3.8, 4) is 0 Å². The van der Waals surface area contributed by atoms with Crippen LogP contribution in [-0.2, 0) is 0 Å². The number of nitro benzene ring substituents is 1. The summed E-state index contributed by atoms with van der Waals surface area (Å²) in [5, 5.41) is 13.8. The standard InChI is InChI=1S/C13H18N4O3/c1-9(2)16(3)7-6-14-13-15-11-8-10(17(18)19)4-5-12(11)20-13/h4-5,8-9H,6-7H2,1-3H3,(H,14,15). The molecule has 1 aromatic carbocycles. The van der Waals surface area contributed by atoms with E-state index < -0.39 is 4.92 Å². The van der Waals surface area contributed by atoms with E-state index in [1.165, 1.54) is 12.1 Å². The highest BCUT2D eigenvalue weighted by Crippen LogP contribution is 2.23. The Bertz CT molecular complexity index is 609. The van der Waals surface area contributed by atoms with Crippen LogP contribution in [0, 0.1) is 10.1 Å². The number of hydrogen-bond donors (Lipinski definition) is 1. The van der Waals surface area contributed by atoms with Crippen LogP contribution in [0.4, 0.5) is 11.7 Å². The zero-order valence-electron chi connectivity index (χ0n) is 11.8. The van der Waals surface area contributed by atoms with Crippen LogP contribution in [0.15, 0.2) is 22.6 Å². The number of aromatic nitrogens is 1. The molecule has 20 heavy (non-hydrogen) atoms. The monoisotopic (exact) mass is 278 g/mol. The second kappa shape index (κ2) is 5.87. The maximum atomic E-state index is 10.7. The van der Waals surface area contributed by atoms with Gasteiger partial charge in [-0.25, -0.2) is 0 Å². The first-order chi connectivity index (χ1) is 9.47. The van der Waals surface area contributed by atoms with Crippen molar-refractivity contribution in [2.45, 2.75) is 19.9 Å². The van der Waals surface area contributed by atoms with Gasteiger partial charge in [0.1, 0.15) is 5.52 Å². The molecule has 1 aromatic heterocycles. The van der Waals surface area contributed by atoms with E-state index in [2.05, 4.69) is 29.0 Å². The van der Waals surface area contributed by atoms with Crippen LogP contribution in [-0.4, -0.2) is 41.0 Å². The maximum absolute atomic E-state index is 10.7. The lowest BCUT2D eigenvalue weighted by atomic mass is 10.3. The molecule has 2 rings (SSSR count). The van der Waals surface area contributed by atoms with Crippen LogP contribution in [0.1, 0.15) is 13.8 Å². The summed E-state index contributed by atoms with van der Waals surface area (Å²) in [6.45, 7) is 5.80. The summed E-state index contributed by atoms with van der Waals surface area (Å²) in [5.41, 5.74) is 1.03. The van der Waals surface area contributed by atoms with Gasteiger partial charge < -0.3 is 14.6 Å². The van der Waals surface area contributed by atoms with Crippen molar-refractivity contribution in [3.05, 3.63) is 28.3 Å². The fraction of sp³-hybridized carbons (Fsp3) is 0.462. The first kappa shape index (κ1) is 14.3. The number of likely N-dealkylation sites (N-methyl/N-ethyl adjacent to an activating group) is 1. The number of anilines is 1. The Morgan fingerprint density at radius 2 is 2.25 bits per heavy atom. The van der Waals surface area contributed by atoms with Crippen molar-refractivity contribution in [1.82, 2.24) is 9.88 Å². The Morgan fingerprint density at radius 1 is 1.50 bits per heavy atom. The zero-order chi connectivity index (χ0) is 14.7. The number of nitro groups is 1. The zero-order valence-corrected chi connectivity index (χ0v) is 11.8. The normalized spacial score (nSPS) is 11.4. The van der Waals surface area contributed by atoms with Crippen molar-refractivity contribution < 1.29 is 9.34 Å². The topological polar surface area (TPSA) is 84.4 Å². The molecule has 0 saturated heterocycles. The number of hydrogen-bond acceptors (Lipinski definition) is 6. The summed E-state index contributed by atoms with van der Waals surface area (Å²) in [6.07, 6.45) is 0. The van der Waals surface area contributed by atoms with E-state index in [-0.39, 0.29) is 5.69 Å². The molecule has 0 aliphatic rings. The number of nitrogens with zero attached hydrogens (tertiary/aromatic N) is 3. The molecule has 0 bridgehead atoms. The average molecular weight is 278 g/mol. The summed E-state index contributed by atoms with van der Waals surface area (Å²) >= 11 is 0. The quantitative estimate of drug-likeness (QED) is 0.645. The van der Waals surface area contributed by atoms with Crippen LogP contribution in [0.25, 0.3) is 11.1 Å². The van der Waals surface area contributed by atoms with Gasteiger partial charge in [0.05, 0.1) is 4.92 Å². The Kier molecular flexibility index (Phi) is 4.19. The molecule has 0 radical (unpaired) electrons. The van der Waals surface area contributed by atoms with E-state index in [1.807, 2.05) is 7.05 Å². The SMILES string of the molecule is CC(C)N(C)CCNc1nc2cc([N+](=O)[O-])ccc2o1. The molecule has 0 aliphatic heterocycles. The van der Waals surface area contributed by atoms with E-state index in [0.29, 0.717) is 29.7 Å².